The van der Waals surface area contributed by atoms with Gasteiger partial charge in [-0.15, -0.1) is 0 Å². The molecular formula is C23H27N3O3. The number of nitrogens with zero attached hydrogens (tertiary/aromatic N) is 2. The van der Waals surface area contributed by atoms with E-state index >= 15 is 0 Å². The number of urea groups is 1. The Bertz CT molecular complexity index is 852. The van der Waals surface area contributed by atoms with Gasteiger partial charge in [-0.05, 0) is 23.5 Å². The second kappa shape index (κ2) is 9.37. The van der Waals surface area contributed by atoms with Crippen molar-refractivity contribution in [3.8, 4) is 0 Å². The lowest BCUT2D eigenvalue weighted by Gasteiger charge is -2.25. The average Bonchev–Trinajstić information content (AvgIpc) is 3.01. The number of carbonyl (C=O) groups is 3. The molecule has 1 N–H and O–H groups in total. The second-order valence-electron chi connectivity index (χ2n) is 7.63. The first-order valence-corrected chi connectivity index (χ1v) is 9.93. The van der Waals surface area contributed by atoms with Crippen molar-refractivity contribution in [1.29, 1.82) is 0 Å². The predicted molar refractivity (Wildman–Crippen MR) is 111 cm³/mol. The average molecular weight is 393 g/mol. The van der Waals surface area contributed by atoms with Crippen LogP contribution >= 0.6 is 0 Å². The SMILES string of the molecule is CC(C)C1NC(=O)N(CC(=O)N(CCc2ccccc2)Cc2ccccc2)C1=O. The van der Waals surface area contributed by atoms with Gasteiger partial charge in [0.05, 0.1) is 0 Å². The molecule has 152 valence electrons. The van der Waals surface area contributed by atoms with Crippen LogP contribution in [0.3, 0.4) is 0 Å². The summed E-state index contributed by atoms with van der Waals surface area (Å²) in [5.74, 6) is -0.594. The Labute approximate surface area is 171 Å². The van der Waals surface area contributed by atoms with E-state index in [0.717, 1.165) is 16.0 Å². The zero-order valence-electron chi connectivity index (χ0n) is 16.9. The van der Waals surface area contributed by atoms with Gasteiger partial charge < -0.3 is 10.2 Å². The van der Waals surface area contributed by atoms with E-state index in [2.05, 4.69) is 5.32 Å². The topological polar surface area (TPSA) is 69.7 Å². The van der Waals surface area contributed by atoms with Crippen LogP contribution in [0.5, 0.6) is 0 Å². The molecule has 0 spiro atoms. The molecule has 1 unspecified atom stereocenters. The minimum absolute atomic E-state index is 0.0231. The number of nitrogens with one attached hydrogen (secondary N) is 1. The van der Waals surface area contributed by atoms with Gasteiger partial charge in [0.15, 0.2) is 0 Å². The third-order valence-corrected chi connectivity index (χ3v) is 5.10. The maximum atomic E-state index is 13.0. The Morgan fingerprint density at radius 1 is 1.00 bits per heavy atom. The van der Waals surface area contributed by atoms with Crippen molar-refractivity contribution in [2.75, 3.05) is 13.1 Å². The first-order valence-electron chi connectivity index (χ1n) is 9.93. The van der Waals surface area contributed by atoms with Crippen LogP contribution in [0.25, 0.3) is 0 Å². The van der Waals surface area contributed by atoms with E-state index in [1.165, 1.54) is 0 Å². The van der Waals surface area contributed by atoms with Crippen molar-refractivity contribution in [2.45, 2.75) is 32.9 Å². The molecule has 0 aliphatic carbocycles. The highest BCUT2D eigenvalue weighted by Gasteiger charge is 2.40. The van der Waals surface area contributed by atoms with Crippen molar-refractivity contribution in [3.05, 3.63) is 71.8 Å². The van der Waals surface area contributed by atoms with Gasteiger partial charge in [-0.3, -0.25) is 14.5 Å². The number of imide groups is 1. The molecule has 3 rings (SSSR count). The molecule has 1 fully saturated rings. The zero-order valence-corrected chi connectivity index (χ0v) is 16.9. The molecule has 1 atom stereocenters. The van der Waals surface area contributed by atoms with Gasteiger partial charge in [0.25, 0.3) is 5.91 Å². The van der Waals surface area contributed by atoms with Gasteiger partial charge in [-0.25, -0.2) is 4.79 Å². The Morgan fingerprint density at radius 2 is 1.59 bits per heavy atom. The molecule has 6 heteroatoms. The number of hydrogen-bond donors (Lipinski definition) is 1. The van der Waals surface area contributed by atoms with E-state index in [1.807, 2.05) is 74.5 Å². The summed E-state index contributed by atoms with van der Waals surface area (Å²) in [6.07, 6.45) is 0.703. The van der Waals surface area contributed by atoms with E-state index in [1.54, 1.807) is 4.90 Å². The van der Waals surface area contributed by atoms with Gasteiger partial charge in [0.1, 0.15) is 12.6 Å². The lowest BCUT2D eigenvalue weighted by atomic mass is 10.1. The predicted octanol–water partition coefficient (Wildman–Crippen LogP) is 2.83. The number of benzene rings is 2. The Hall–Kier alpha value is -3.15. The highest BCUT2D eigenvalue weighted by molar-refractivity contribution is 6.06. The van der Waals surface area contributed by atoms with Crippen LogP contribution in [-0.2, 0) is 22.6 Å². The summed E-state index contributed by atoms with van der Waals surface area (Å²) < 4.78 is 0. The quantitative estimate of drug-likeness (QED) is 0.701. The van der Waals surface area contributed by atoms with Crippen LogP contribution in [0.1, 0.15) is 25.0 Å². The largest absolute Gasteiger partial charge is 0.336 e. The molecule has 2 aromatic rings. The van der Waals surface area contributed by atoms with E-state index in [-0.39, 0.29) is 24.3 Å². The number of carbonyl (C=O) groups excluding carboxylic acids is 3. The molecule has 1 aliphatic heterocycles. The van der Waals surface area contributed by atoms with Gasteiger partial charge in [-0.1, -0.05) is 74.5 Å². The van der Waals surface area contributed by atoms with Crippen LogP contribution in [0, 0.1) is 5.92 Å². The molecule has 0 saturated carbocycles. The first kappa shape index (κ1) is 20.6. The summed E-state index contributed by atoms with van der Waals surface area (Å²) in [4.78, 5) is 40.5. The lowest BCUT2D eigenvalue weighted by Crippen LogP contribution is -2.44. The third-order valence-electron chi connectivity index (χ3n) is 5.10. The fourth-order valence-electron chi connectivity index (χ4n) is 3.38. The summed E-state index contributed by atoms with van der Waals surface area (Å²) in [7, 11) is 0. The Morgan fingerprint density at radius 3 is 2.14 bits per heavy atom. The third kappa shape index (κ3) is 5.22. The molecule has 4 amide bonds. The van der Waals surface area contributed by atoms with Gasteiger partial charge in [0, 0.05) is 13.1 Å². The molecular weight excluding hydrogens is 366 g/mol. The lowest BCUT2D eigenvalue weighted by molar-refractivity contribution is -0.138. The smallest absolute Gasteiger partial charge is 0.325 e. The summed E-state index contributed by atoms with van der Waals surface area (Å²) >= 11 is 0. The minimum atomic E-state index is -0.567. The molecule has 6 nitrogen and oxygen atoms in total. The van der Waals surface area contributed by atoms with E-state index in [9.17, 15) is 14.4 Å². The Kier molecular flexibility index (Phi) is 6.65. The molecule has 0 aromatic heterocycles. The highest BCUT2D eigenvalue weighted by Crippen LogP contribution is 2.15. The summed E-state index contributed by atoms with van der Waals surface area (Å²) in [6, 6.07) is 18.6. The van der Waals surface area contributed by atoms with Crippen molar-refractivity contribution < 1.29 is 14.4 Å². The standard InChI is InChI=1S/C23H27N3O3/c1-17(2)21-22(28)26(23(29)24-21)16-20(27)25(15-19-11-7-4-8-12-19)14-13-18-9-5-3-6-10-18/h3-12,17,21H,13-16H2,1-2H3,(H,24,29). The molecule has 0 radical (unpaired) electrons. The van der Waals surface area contributed by atoms with Crippen LogP contribution in [0.4, 0.5) is 4.79 Å². The fourth-order valence-corrected chi connectivity index (χ4v) is 3.38. The molecule has 0 bridgehead atoms. The van der Waals surface area contributed by atoms with Crippen LogP contribution in [0.2, 0.25) is 0 Å². The maximum Gasteiger partial charge on any atom is 0.325 e. The molecule has 1 heterocycles. The number of amides is 4. The van der Waals surface area contributed by atoms with E-state index in [0.29, 0.717) is 19.5 Å². The first-order chi connectivity index (χ1) is 14.0. The van der Waals surface area contributed by atoms with Gasteiger partial charge in [-0.2, -0.15) is 0 Å². The summed E-state index contributed by atoms with van der Waals surface area (Å²) in [5, 5.41) is 2.67. The highest BCUT2D eigenvalue weighted by atomic mass is 16.2. The number of rotatable bonds is 8. The monoisotopic (exact) mass is 393 g/mol. The van der Waals surface area contributed by atoms with Crippen molar-refractivity contribution >= 4 is 17.8 Å². The van der Waals surface area contributed by atoms with Crippen LogP contribution < -0.4 is 5.32 Å². The molecule has 1 aliphatic rings. The van der Waals surface area contributed by atoms with Crippen molar-refractivity contribution in [1.82, 2.24) is 15.1 Å². The van der Waals surface area contributed by atoms with Crippen LogP contribution in [-0.4, -0.2) is 46.8 Å². The normalized spacial score (nSPS) is 16.2. The van der Waals surface area contributed by atoms with Gasteiger partial charge >= 0.3 is 6.03 Å². The second-order valence-corrected chi connectivity index (χ2v) is 7.63. The molecule has 2 aromatic carbocycles. The van der Waals surface area contributed by atoms with E-state index < -0.39 is 12.1 Å². The maximum absolute atomic E-state index is 13.0. The molecule has 1 saturated heterocycles. The fraction of sp³-hybridized carbons (Fsp3) is 0.348. The summed E-state index contributed by atoms with van der Waals surface area (Å²) in [5.41, 5.74) is 2.14. The van der Waals surface area contributed by atoms with Crippen molar-refractivity contribution in [2.24, 2.45) is 5.92 Å². The van der Waals surface area contributed by atoms with Crippen molar-refractivity contribution in [3.63, 3.8) is 0 Å². The molecule has 29 heavy (non-hydrogen) atoms. The summed E-state index contributed by atoms with van der Waals surface area (Å²) in [6.45, 7) is 4.44. The number of hydrogen-bond acceptors (Lipinski definition) is 3. The van der Waals surface area contributed by atoms with Gasteiger partial charge in [0.2, 0.25) is 5.91 Å². The minimum Gasteiger partial charge on any atom is -0.336 e. The zero-order chi connectivity index (χ0) is 20.8. The van der Waals surface area contributed by atoms with Crippen LogP contribution in [0.15, 0.2) is 60.7 Å². The Balaban J connectivity index is 1.71. The van der Waals surface area contributed by atoms with E-state index in [4.69, 9.17) is 0 Å².